The number of nitrogens with one attached hydrogen (secondary N) is 1. The summed E-state index contributed by atoms with van der Waals surface area (Å²) in [5.41, 5.74) is 2.81. The van der Waals surface area contributed by atoms with Crippen molar-refractivity contribution in [1.29, 1.82) is 0 Å². The molecule has 1 aliphatic carbocycles. The molecule has 158 valence electrons. The molecular formula is C21H26N6O3. The van der Waals surface area contributed by atoms with E-state index >= 15 is 0 Å². The van der Waals surface area contributed by atoms with Gasteiger partial charge in [-0.3, -0.25) is 19.7 Å². The highest BCUT2D eigenvalue weighted by Crippen LogP contribution is 2.40. The monoisotopic (exact) mass is 410 g/mol. The van der Waals surface area contributed by atoms with Gasteiger partial charge in [0.2, 0.25) is 0 Å². The van der Waals surface area contributed by atoms with Crippen molar-refractivity contribution in [1.82, 2.24) is 30.0 Å². The molecule has 0 radical (unpaired) electrons. The summed E-state index contributed by atoms with van der Waals surface area (Å²) in [7, 11) is 1.85. The minimum atomic E-state index is -0.0946. The Hall–Kier alpha value is -2.81. The number of aromatic nitrogens is 4. The molecule has 0 bridgehead atoms. The fourth-order valence-electron chi connectivity index (χ4n) is 5.15. The first-order chi connectivity index (χ1) is 14.6. The summed E-state index contributed by atoms with van der Waals surface area (Å²) < 4.78 is 5.52. The Kier molecular flexibility index (Phi) is 4.98. The molecule has 2 aliphatic heterocycles. The molecule has 0 unspecified atom stereocenters. The molecule has 2 aromatic rings. The molecule has 2 amide bonds. The van der Waals surface area contributed by atoms with Crippen LogP contribution in [-0.2, 0) is 17.8 Å². The van der Waals surface area contributed by atoms with Crippen LogP contribution in [0.1, 0.15) is 51.5 Å². The van der Waals surface area contributed by atoms with Crippen LogP contribution >= 0.6 is 0 Å². The maximum atomic E-state index is 13.1. The standard InChI is InChI=1S/C21H26N6O3/c1-26(20(28)18-10-22-4-5-23-18)15-8-13-2-6-27(11-14(13)9-15)21(29)19-16-12-30-7-3-17(16)24-25-19/h4-5,10,13-15H,2-3,6-9,11-12H2,1H3,(H,24,25)/t13-,14-,15+/m1/s1. The SMILES string of the molecule is CN(C(=O)c1cnccn1)[C@H]1C[C@H]2CCN(C(=O)c3n[nH]c4c3COCC4)C[C@H]2C1. The van der Waals surface area contributed by atoms with Crippen LogP contribution in [0.15, 0.2) is 18.6 Å². The smallest absolute Gasteiger partial charge is 0.274 e. The topological polar surface area (TPSA) is 104 Å². The van der Waals surface area contributed by atoms with E-state index in [1.165, 1.54) is 12.4 Å². The number of aromatic amines is 1. The third-order valence-electron chi connectivity index (χ3n) is 6.88. The number of rotatable bonds is 3. The number of likely N-dealkylation sites (tertiary alicyclic amines) is 1. The van der Waals surface area contributed by atoms with Gasteiger partial charge in [0, 0.05) is 56.3 Å². The minimum absolute atomic E-state index is 0.0103. The van der Waals surface area contributed by atoms with Crippen LogP contribution in [0.3, 0.4) is 0 Å². The summed E-state index contributed by atoms with van der Waals surface area (Å²) in [6.45, 7) is 2.56. The van der Waals surface area contributed by atoms with Gasteiger partial charge in [0.25, 0.3) is 11.8 Å². The molecule has 2 fully saturated rings. The van der Waals surface area contributed by atoms with E-state index in [1.807, 2.05) is 11.9 Å². The number of hydrogen-bond acceptors (Lipinski definition) is 6. The van der Waals surface area contributed by atoms with E-state index in [2.05, 4.69) is 20.2 Å². The summed E-state index contributed by atoms with van der Waals surface area (Å²) in [5.74, 6) is 0.829. The third-order valence-corrected chi connectivity index (χ3v) is 6.88. The van der Waals surface area contributed by atoms with E-state index in [0.29, 0.717) is 36.4 Å². The second-order valence-electron chi connectivity index (χ2n) is 8.52. The molecule has 0 aromatic carbocycles. The second kappa shape index (κ2) is 7.79. The van der Waals surface area contributed by atoms with Gasteiger partial charge >= 0.3 is 0 Å². The maximum absolute atomic E-state index is 13.1. The van der Waals surface area contributed by atoms with E-state index in [1.54, 1.807) is 11.1 Å². The predicted molar refractivity (Wildman–Crippen MR) is 107 cm³/mol. The largest absolute Gasteiger partial charge is 0.376 e. The van der Waals surface area contributed by atoms with Gasteiger partial charge in [-0.2, -0.15) is 5.10 Å². The molecule has 5 rings (SSSR count). The summed E-state index contributed by atoms with van der Waals surface area (Å²) in [6.07, 6.45) is 8.22. The van der Waals surface area contributed by atoms with Crippen LogP contribution in [0.2, 0.25) is 0 Å². The average molecular weight is 410 g/mol. The molecule has 1 saturated heterocycles. The number of ether oxygens (including phenoxy) is 1. The van der Waals surface area contributed by atoms with Gasteiger partial charge in [0.1, 0.15) is 5.69 Å². The van der Waals surface area contributed by atoms with E-state index < -0.39 is 0 Å². The van der Waals surface area contributed by atoms with Gasteiger partial charge in [-0.25, -0.2) is 4.98 Å². The molecule has 9 nitrogen and oxygen atoms in total. The Morgan fingerprint density at radius 1 is 1.27 bits per heavy atom. The maximum Gasteiger partial charge on any atom is 0.274 e. The van der Waals surface area contributed by atoms with Crippen molar-refractivity contribution in [2.24, 2.45) is 11.8 Å². The fraction of sp³-hybridized carbons (Fsp3) is 0.571. The first kappa shape index (κ1) is 19.2. The molecular weight excluding hydrogens is 384 g/mol. The van der Waals surface area contributed by atoms with Gasteiger partial charge in [0.05, 0.1) is 19.4 Å². The number of carbonyl (C=O) groups excluding carboxylic acids is 2. The van der Waals surface area contributed by atoms with Crippen molar-refractivity contribution in [3.8, 4) is 0 Å². The number of amides is 2. The first-order valence-electron chi connectivity index (χ1n) is 10.6. The summed E-state index contributed by atoms with van der Waals surface area (Å²) in [5, 5.41) is 7.31. The van der Waals surface area contributed by atoms with E-state index in [-0.39, 0.29) is 17.9 Å². The summed E-state index contributed by atoms with van der Waals surface area (Å²) in [6, 6.07) is 0.163. The van der Waals surface area contributed by atoms with Crippen molar-refractivity contribution < 1.29 is 14.3 Å². The highest BCUT2D eigenvalue weighted by molar-refractivity contribution is 5.94. The Labute approximate surface area is 174 Å². The molecule has 4 heterocycles. The highest BCUT2D eigenvalue weighted by Gasteiger charge is 2.42. The molecule has 0 spiro atoms. The molecule has 30 heavy (non-hydrogen) atoms. The normalized spacial score (nSPS) is 25.5. The molecule has 1 saturated carbocycles. The lowest BCUT2D eigenvalue weighted by Gasteiger charge is -2.34. The van der Waals surface area contributed by atoms with Crippen molar-refractivity contribution in [2.75, 3.05) is 26.7 Å². The lowest BCUT2D eigenvalue weighted by atomic mass is 9.88. The van der Waals surface area contributed by atoms with Gasteiger partial charge in [-0.15, -0.1) is 0 Å². The Morgan fingerprint density at radius 3 is 2.97 bits per heavy atom. The summed E-state index contributed by atoms with van der Waals surface area (Å²) >= 11 is 0. The third kappa shape index (κ3) is 3.36. The Balaban J connectivity index is 1.25. The van der Waals surface area contributed by atoms with Crippen LogP contribution in [0.25, 0.3) is 0 Å². The summed E-state index contributed by atoms with van der Waals surface area (Å²) in [4.78, 5) is 37.7. The van der Waals surface area contributed by atoms with Crippen LogP contribution in [0.4, 0.5) is 0 Å². The molecule has 3 aliphatic rings. The van der Waals surface area contributed by atoms with E-state index in [0.717, 1.165) is 50.0 Å². The van der Waals surface area contributed by atoms with Crippen LogP contribution in [-0.4, -0.2) is 74.6 Å². The van der Waals surface area contributed by atoms with Gasteiger partial charge in [0.15, 0.2) is 5.69 Å². The second-order valence-corrected chi connectivity index (χ2v) is 8.52. The van der Waals surface area contributed by atoms with Gasteiger partial charge in [-0.05, 0) is 31.1 Å². The molecule has 1 N–H and O–H groups in total. The number of hydrogen-bond donors (Lipinski definition) is 1. The first-order valence-corrected chi connectivity index (χ1v) is 10.6. The van der Waals surface area contributed by atoms with Crippen molar-refractivity contribution in [3.63, 3.8) is 0 Å². The van der Waals surface area contributed by atoms with E-state index in [9.17, 15) is 9.59 Å². The minimum Gasteiger partial charge on any atom is -0.376 e. The van der Waals surface area contributed by atoms with Crippen molar-refractivity contribution in [2.45, 2.75) is 38.3 Å². The van der Waals surface area contributed by atoms with Gasteiger partial charge < -0.3 is 14.5 Å². The number of fused-ring (bicyclic) bond motifs is 2. The number of H-pyrrole nitrogens is 1. The van der Waals surface area contributed by atoms with Crippen LogP contribution in [0.5, 0.6) is 0 Å². The number of carbonyl (C=O) groups is 2. The lowest BCUT2D eigenvalue weighted by molar-refractivity contribution is 0.0609. The number of piperidine rings is 1. The molecule has 9 heteroatoms. The molecule has 3 atom stereocenters. The fourth-order valence-corrected chi connectivity index (χ4v) is 5.15. The van der Waals surface area contributed by atoms with Crippen LogP contribution in [0, 0.1) is 11.8 Å². The van der Waals surface area contributed by atoms with E-state index in [4.69, 9.17) is 4.74 Å². The van der Waals surface area contributed by atoms with Gasteiger partial charge in [-0.1, -0.05) is 0 Å². The Bertz CT molecular complexity index is 945. The Morgan fingerprint density at radius 2 is 2.13 bits per heavy atom. The zero-order valence-electron chi connectivity index (χ0n) is 17.1. The predicted octanol–water partition coefficient (Wildman–Crippen LogP) is 1.29. The molecule has 2 aromatic heterocycles. The van der Waals surface area contributed by atoms with Crippen molar-refractivity contribution >= 4 is 11.8 Å². The average Bonchev–Trinajstić information content (AvgIpc) is 3.42. The quantitative estimate of drug-likeness (QED) is 0.818. The number of nitrogens with zero attached hydrogens (tertiary/aromatic N) is 5. The van der Waals surface area contributed by atoms with Crippen LogP contribution < -0.4 is 0 Å². The van der Waals surface area contributed by atoms with Crippen molar-refractivity contribution in [3.05, 3.63) is 41.2 Å². The zero-order valence-corrected chi connectivity index (χ0v) is 17.1. The lowest BCUT2D eigenvalue weighted by Crippen LogP contribution is -2.42. The zero-order chi connectivity index (χ0) is 20.7. The highest BCUT2D eigenvalue weighted by atomic mass is 16.5.